The van der Waals surface area contributed by atoms with E-state index < -0.39 is 28.2 Å². The van der Waals surface area contributed by atoms with Crippen molar-refractivity contribution in [3.8, 4) is 11.8 Å². The number of hydrogen-bond acceptors (Lipinski definition) is 5. The molecule has 38 heavy (non-hydrogen) atoms. The Morgan fingerprint density at radius 2 is 1.50 bits per heavy atom. The first-order valence-electron chi connectivity index (χ1n) is 12.2. The second-order valence-corrected chi connectivity index (χ2v) is 10.9. The second-order valence-electron chi connectivity index (χ2n) is 9.16. The Morgan fingerprint density at radius 3 is 2.16 bits per heavy atom. The van der Waals surface area contributed by atoms with Gasteiger partial charge in [0, 0.05) is 49.4 Å². The van der Waals surface area contributed by atoms with Crippen LogP contribution < -0.4 is 9.62 Å². The van der Waals surface area contributed by atoms with Crippen LogP contribution in [0, 0.1) is 11.8 Å². The molecule has 4 rings (SSSR count). The summed E-state index contributed by atoms with van der Waals surface area (Å²) >= 11 is 0. The maximum atomic E-state index is 12.4. The first-order valence-corrected chi connectivity index (χ1v) is 13.7. The average Bonchev–Trinajstić information content (AvgIpc) is 2.90. The molecule has 0 bridgehead atoms. The number of rotatable bonds is 8. The minimum absolute atomic E-state index is 0.109. The van der Waals surface area contributed by atoms with E-state index in [0.717, 1.165) is 33.2 Å². The molecule has 3 N–H and O–H groups in total. The zero-order chi connectivity index (χ0) is 27.3. The van der Waals surface area contributed by atoms with Gasteiger partial charge >= 0.3 is 11.9 Å². The second kappa shape index (κ2) is 11.6. The van der Waals surface area contributed by atoms with Crippen LogP contribution in [0.2, 0.25) is 0 Å². The Balaban J connectivity index is 1.36. The van der Waals surface area contributed by atoms with Gasteiger partial charge in [0.05, 0.1) is 0 Å². The number of hydrogen-bond donors (Lipinski definition) is 3. The molecule has 0 radical (unpaired) electrons. The molecule has 0 aliphatic carbocycles. The normalized spacial score (nSPS) is 15.0. The van der Waals surface area contributed by atoms with E-state index in [0.29, 0.717) is 19.5 Å². The van der Waals surface area contributed by atoms with Gasteiger partial charge in [0.2, 0.25) is 0 Å². The van der Waals surface area contributed by atoms with E-state index in [1.807, 2.05) is 60.7 Å². The average molecular weight is 536 g/mol. The fourth-order valence-corrected chi connectivity index (χ4v) is 5.56. The van der Waals surface area contributed by atoms with Gasteiger partial charge in [-0.1, -0.05) is 36.1 Å². The smallest absolute Gasteiger partial charge is 0.321 e. The number of carboxylic acid groups (broad SMARTS) is 2. The standard InChI is InChI=1S/C28H29N3O6S/c1-20(28(34)35)29-38(36,37)31-16-14-30(15-17-31)26-11-6-21(7-12-26)2-3-22-4-9-25-19-23(8-13-27(32)33)5-10-24(25)18-22/h4-7,9-12,18-20,29H,8,13-17H2,1H3,(H,32,33)(H,34,35)/t20-/m1/s1. The van der Waals surface area contributed by atoms with Crippen molar-refractivity contribution >= 4 is 38.6 Å². The minimum atomic E-state index is -3.86. The molecule has 1 fully saturated rings. The third kappa shape index (κ3) is 6.89. The lowest BCUT2D eigenvalue weighted by Crippen LogP contribution is -2.54. The number of benzene rings is 3. The molecule has 0 saturated carbocycles. The van der Waals surface area contributed by atoms with Crippen LogP contribution in [-0.2, 0) is 26.2 Å². The van der Waals surface area contributed by atoms with E-state index in [1.54, 1.807) is 0 Å². The number of nitrogens with zero attached hydrogens (tertiary/aromatic N) is 2. The summed E-state index contributed by atoms with van der Waals surface area (Å²) in [6.45, 7) is 2.78. The van der Waals surface area contributed by atoms with E-state index in [9.17, 15) is 18.0 Å². The van der Waals surface area contributed by atoms with Crippen molar-refractivity contribution in [2.75, 3.05) is 31.1 Å². The maximum Gasteiger partial charge on any atom is 0.321 e. The van der Waals surface area contributed by atoms with Crippen LogP contribution in [0.25, 0.3) is 10.8 Å². The van der Waals surface area contributed by atoms with Crippen molar-refractivity contribution in [2.45, 2.75) is 25.8 Å². The van der Waals surface area contributed by atoms with E-state index in [1.165, 1.54) is 11.2 Å². The molecule has 9 nitrogen and oxygen atoms in total. The number of piperazine rings is 1. The summed E-state index contributed by atoms with van der Waals surface area (Å²) in [4.78, 5) is 23.9. The highest BCUT2D eigenvalue weighted by Gasteiger charge is 2.29. The van der Waals surface area contributed by atoms with Gasteiger partial charge in [-0.15, -0.1) is 0 Å². The van der Waals surface area contributed by atoms with Gasteiger partial charge < -0.3 is 15.1 Å². The third-order valence-corrected chi connectivity index (χ3v) is 8.09. The van der Waals surface area contributed by atoms with Gasteiger partial charge in [-0.2, -0.15) is 17.4 Å². The molecule has 3 aromatic carbocycles. The lowest BCUT2D eigenvalue weighted by molar-refractivity contribution is -0.139. The summed E-state index contributed by atoms with van der Waals surface area (Å²) in [6.07, 6.45) is 0.609. The molecule has 10 heteroatoms. The summed E-state index contributed by atoms with van der Waals surface area (Å²) in [7, 11) is -3.86. The van der Waals surface area contributed by atoms with Gasteiger partial charge in [0.1, 0.15) is 6.04 Å². The van der Waals surface area contributed by atoms with Crippen LogP contribution in [0.1, 0.15) is 30.0 Å². The molecule has 198 valence electrons. The van der Waals surface area contributed by atoms with E-state index >= 15 is 0 Å². The largest absolute Gasteiger partial charge is 0.481 e. The predicted molar refractivity (Wildman–Crippen MR) is 145 cm³/mol. The van der Waals surface area contributed by atoms with Crippen LogP contribution in [0.3, 0.4) is 0 Å². The third-order valence-electron chi connectivity index (χ3n) is 6.39. The van der Waals surface area contributed by atoms with Crippen molar-refractivity contribution in [2.24, 2.45) is 0 Å². The zero-order valence-corrected chi connectivity index (χ0v) is 21.7. The van der Waals surface area contributed by atoms with Gasteiger partial charge in [0.15, 0.2) is 0 Å². The Bertz CT molecular complexity index is 1500. The SMILES string of the molecule is C[C@@H](NS(=O)(=O)N1CCN(c2ccc(C#Cc3ccc4cc(CCC(=O)O)ccc4c3)cc2)CC1)C(=O)O. The van der Waals surface area contributed by atoms with Gasteiger partial charge in [-0.3, -0.25) is 9.59 Å². The summed E-state index contributed by atoms with van der Waals surface area (Å²) in [5.41, 5.74) is 3.68. The Morgan fingerprint density at radius 1 is 0.895 bits per heavy atom. The van der Waals surface area contributed by atoms with Crippen LogP contribution in [-0.4, -0.2) is 67.1 Å². The first kappa shape index (κ1) is 27.1. The van der Waals surface area contributed by atoms with Crippen LogP contribution in [0.15, 0.2) is 60.7 Å². The number of anilines is 1. The molecule has 1 atom stereocenters. The molecule has 0 unspecified atom stereocenters. The number of aliphatic carboxylic acids is 2. The number of carboxylic acids is 2. The Hall–Kier alpha value is -3.91. The highest BCUT2D eigenvalue weighted by molar-refractivity contribution is 7.87. The molecule has 0 amide bonds. The van der Waals surface area contributed by atoms with Crippen LogP contribution in [0.5, 0.6) is 0 Å². The molecule has 1 aliphatic rings. The molecule has 3 aromatic rings. The molecule has 0 spiro atoms. The Kier molecular flexibility index (Phi) is 8.32. The highest BCUT2D eigenvalue weighted by Crippen LogP contribution is 2.20. The lowest BCUT2D eigenvalue weighted by atomic mass is 10.0. The molecule has 1 aliphatic heterocycles. The van der Waals surface area contributed by atoms with Crippen LogP contribution >= 0.6 is 0 Å². The summed E-state index contributed by atoms with van der Waals surface area (Å²) < 4.78 is 28.3. The summed E-state index contributed by atoms with van der Waals surface area (Å²) in [6, 6.07) is 18.5. The van der Waals surface area contributed by atoms with Crippen molar-refractivity contribution in [1.82, 2.24) is 9.03 Å². The number of carbonyl (C=O) groups is 2. The quantitative estimate of drug-likeness (QED) is 0.379. The fourth-order valence-electron chi connectivity index (χ4n) is 4.21. The topological polar surface area (TPSA) is 127 Å². The zero-order valence-electron chi connectivity index (χ0n) is 20.9. The maximum absolute atomic E-state index is 12.4. The lowest BCUT2D eigenvalue weighted by Gasteiger charge is -2.35. The molecular formula is C28H29N3O6S. The molecule has 0 aromatic heterocycles. The highest BCUT2D eigenvalue weighted by atomic mass is 32.2. The molecular weight excluding hydrogens is 506 g/mol. The fraction of sp³-hybridized carbons (Fsp3) is 0.286. The van der Waals surface area contributed by atoms with E-state index in [2.05, 4.69) is 21.5 Å². The summed E-state index contributed by atoms with van der Waals surface area (Å²) in [5, 5.41) is 19.9. The number of aryl methyl sites for hydroxylation is 1. The molecule has 1 saturated heterocycles. The summed E-state index contributed by atoms with van der Waals surface area (Å²) in [5.74, 6) is 4.34. The monoisotopic (exact) mass is 535 g/mol. The van der Waals surface area contributed by atoms with Crippen molar-refractivity contribution in [3.63, 3.8) is 0 Å². The molecule has 1 heterocycles. The van der Waals surface area contributed by atoms with Crippen LogP contribution in [0.4, 0.5) is 5.69 Å². The van der Waals surface area contributed by atoms with Crippen molar-refractivity contribution in [3.05, 3.63) is 77.4 Å². The minimum Gasteiger partial charge on any atom is -0.481 e. The van der Waals surface area contributed by atoms with Gasteiger partial charge in [-0.25, -0.2) is 0 Å². The number of nitrogens with one attached hydrogen (secondary N) is 1. The van der Waals surface area contributed by atoms with E-state index in [-0.39, 0.29) is 19.5 Å². The number of fused-ring (bicyclic) bond motifs is 1. The Labute approximate surface area is 221 Å². The van der Waals surface area contributed by atoms with Gasteiger partial charge in [-0.05, 0) is 66.1 Å². The van der Waals surface area contributed by atoms with E-state index in [4.69, 9.17) is 10.2 Å². The van der Waals surface area contributed by atoms with Crippen molar-refractivity contribution < 1.29 is 28.2 Å². The first-order chi connectivity index (χ1) is 18.1. The van der Waals surface area contributed by atoms with Crippen molar-refractivity contribution in [1.29, 1.82) is 0 Å². The van der Waals surface area contributed by atoms with Gasteiger partial charge in [0.25, 0.3) is 10.2 Å². The predicted octanol–water partition coefficient (Wildman–Crippen LogP) is 2.69.